The predicted octanol–water partition coefficient (Wildman–Crippen LogP) is 1.69. The van der Waals surface area contributed by atoms with E-state index in [0.717, 1.165) is 11.3 Å². The van der Waals surface area contributed by atoms with Crippen LogP contribution < -0.4 is 5.32 Å². The number of hydrogen-bond acceptors (Lipinski definition) is 5. The summed E-state index contributed by atoms with van der Waals surface area (Å²) in [4.78, 5) is 14.6. The predicted molar refractivity (Wildman–Crippen MR) is 71.0 cm³/mol. The molecule has 0 aliphatic heterocycles. The number of aromatic nitrogens is 3. The second-order valence-electron chi connectivity index (χ2n) is 4.30. The Morgan fingerprint density at radius 3 is 2.95 bits per heavy atom. The quantitative estimate of drug-likeness (QED) is 0.653. The molecule has 1 N–H and O–H groups in total. The molecule has 0 saturated heterocycles. The first-order valence-corrected chi connectivity index (χ1v) is 5.89. The third-order valence-electron chi connectivity index (χ3n) is 2.64. The van der Waals surface area contributed by atoms with Gasteiger partial charge in [-0.1, -0.05) is 0 Å². The monoisotopic (exact) mass is 261 g/mol. The van der Waals surface area contributed by atoms with Crippen LogP contribution in [0.2, 0.25) is 0 Å². The molecule has 0 spiro atoms. The van der Waals surface area contributed by atoms with Crippen molar-refractivity contribution in [2.24, 2.45) is 7.05 Å². The summed E-state index contributed by atoms with van der Waals surface area (Å²) in [6, 6.07) is 3.43. The Hall–Kier alpha value is -2.44. The zero-order chi connectivity index (χ0) is 13.8. The van der Waals surface area contributed by atoms with Gasteiger partial charge in [0, 0.05) is 38.5 Å². The summed E-state index contributed by atoms with van der Waals surface area (Å²) in [6.45, 7) is 2.32. The number of nitro groups is 1. The van der Waals surface area contributed by atoms with Crippen LogP contribution >= 0.6 is 0 Å². The van der Waals surface area contributed by atoms with Gasteiger partial charge >= 0.3 is 5.69 Å². The van der Waals surface area contributed by atoms with Crippen LogP contribution in [0.4, 0.5) is 11.5 Å². The van der Waals surface area contributed by atoms with Crippen molar-refractivity contribution in [3.8, 4) is 0 Å². The summed E-state index contributed by atoms with van der Waals surface area (Å²) < 4.78 is 1.72. The van der Waals surface area contributed by atoms with Crippen LogP contribution in [0.25, 0.3) is 0 Å². The summed E-state index contributed by atoms with van der Waals surface area (Å²) in [5.74, 6) is 0.298. The molecule has 0 radical (unpaired) electrons. The topological polar surface area (TPSA) is 85.9 Å². The van der Waals surface area contributed by atoms with Gasteiger partial charge in [0.1, 0.15) is 0 Å². The lowest BCUT2D eigenvalue weighted by Crippen LogP contribution is -2.09. The Morgan fingerprint density at radius 1 is 1.53 bits per heavy atom. The fourth-order valence-electron chi connectivity index (χ4n) is 1.73. The number of nitrogens with zero attached hydrogens (tertiary/aromatic N) is 4. The van der Waals surface area contributed by atoms with Gasteiger partial charge in [-0.15, -0.1) is 0 Å². The molecule has 0 fully saturated rings. The molecule has 0 bridgehead atoms. The maximum absolute atomic E-state index is 10.9. The number of aryl methyl sites for hydroxylation is 2. The van der Waals surface area contributed by atoms with Gasteiger partial charge in [0.2, 0.25) is 5.82 Å². The first-order valence-electron chi connectivity index (χ1n) is 5.89. The normalized spacial score (nSPS) is 10.4. The van der Waals surface area contributed by atoms with Crippen LogP contribution in [0.5, 0.6) is 0 Å². The van der Waals surface area contributed by atoms with Crippen molar-refractivity contribution in [3.05, 3.63) is 45.9 Å². The van der Waals surface area contributed by atoms with Gasteiger partial charge in [-0.05, 0) is 18.6 Å². The lowest BCUT2D eigenvalue weighted by atomic mass is 10.2. The molecule has 2 aromatic rings. The van der Waals surface area contributed by atoms with Crippen LogP contribution in [0.3, 0.4) is 0 Å². The SMILES string of the molecule is Cc1cnc(NCCc2ccn(C)n2)c([N+](=O)[O-])c1. The Balaban J connectivity index is 2.01. The van der Waals surface area contributed by atoms with Crippen LogP contribution in [-0.4, -0.2) is 26.2 Å². The van der Waals surface area contributed by atoms with Gasteiger partial charge in [-0.3, -0.25) is 14.8 Å². The van der Waals surface area contributed by atoms with E-state index in [-0.39, 0.29) is 5.69 Å². The minimum absolute atomic E-state index is 0.000945. The molecule has 0 aromatic carbocycles. The lowest BCUT2D eigenvalue weighted by molar-refractivity contribution is -0.384. The summed E-state index contributed by atoms with van der Waals surface area (Å²) in [7, 11) is 1.85. The third-order valence-corrected chi connectivity index (χ3v) is 2.64. The third kappa shape index (κ3) is 3.27. The van der Waals surface area contributed by atoms with Gasteiger partial charge in [-0.25, -0.2) is 4.98 Å². The minimum Gasteiger partial charge on any atom is -0.364 e. The highest BCUT2D eigenvalue weighted by Crippen LogP contribution is 2.22. The fourth-order valence-corrected chi connectivity index (χ4v) is 1.73. The smallest absolute Gasteiger partial charge is 0.311 e. The van der Waals surface area contributed by atoms with Crippen molar-refractivity contribution in [1.82, 2.24) is 14.8 Å². The number of nitrogens with one attached hydrogen (secondary N) is 1. The molecule has 2 aromatic heterocycles. The van der Waals surface area contributed by atoms with Crippen LogP contribution in [-0.2, 0) is 13.5 Å². The van der Waals surface area contributed by atoms with Crippen LogP contribution in [0, 0.1) is 17.0 Å². The maximum atomic E-state index is 10.9. The second-order valence-corrected chi connectivity index (χ2v) is 4.30. The van der Waals surface area contributed by atoms with E-state index in [1.54, 1.807) is 17.8 Å². The van der Waals surface area contributed by atoms with Gasteiger partial charge in [-0.2, -0.15) is 5.10 Å². The molecule has 2 rings (SSSR count). The molecule has 0 aliphatic rings. The van der Waals surface area contributed by atoms with Gasteiger partial charge in [0.15, 0.2) is 0 Å². The molecule has 0 unspecified atom stereocenters. The minimum atomic E-state index is -0.427. The summed E-state index contributed by atoms with van der Waals surface area (Å²) in [6.07, 6.45) is 4.16. The van der Waals surface area contributed by atoms with Gasteiger partial charge in [0.25, 0.3) is 0 Å². The van der Waals surface area contributed by atoms with Gasteiger partial charge < -0.3 is 5.32 Å². The number of hydrogen-bond donors (Lipinski definition) is 1. The van der Waals surface area contributed by atoms with E-state index < -0.39 is 4.92 Å². The Kier molecular flexibility index (Phi) is 3.74. The first kappa shape index (κ1) is 13.0. The first-order chi connectivity index (χ1) is 9.06. The molecule has 100 valence electrons. The lowest BCUT2D eigenvalue weighted by Gasteiger charge is -2.05. The molecule has 2 heterocycles. The van der Waals surface area contributed by atoms with E-state index in [0.29, 0.717) is 18.8 Å². The molecule has 0 atom stereocenters. The van der Waals surface area contributed by atoms with Crippen molar-refractivity contribution in [2.75, 3.05) is 11.9 Å². The van der Waals surface area contributed by atoms with Crippen molar-refractivity contribution in [1.29, 1.82) is 0 Å². The summed E-state index contributed by atoms with van der Waals surface area (Å²) in [5, 5.41) is 18.1. The number of anilines is 1. The van der Waals surface area contributed by atoms with E-state index in [9.17, 15) is 10.1 Å². The number of pyridine rings is 1. The Bertz CT molecular complexity index is 594. The highest BCUT2D eigenvalue weighted by molar-refractivity contribution is 5.56. The van der Waals surface area contributed by atoms with E-state index in [4.69, 9.17) is 0 Å². The molecular formula is C12H15N5O2. The summed E-state index contributed by atoms with van der Waals surface area (Å²) in [5.41, 5.74) is 1.70. The van der Waals surface area contributed by atoms with Crippen molar-refractivity contribution in [3.63, 3.8) is 0 Å². The van der Waals surface area contributed by atoms with Crippen LogP contribution in [0.15, 0.2) is 24.5 Å². The molecule has 19 heavy (non-hydrogen) atoms. The molecule has 0 aliphatic carbocycles. The Labute approximate surface area is 110 Å². The largest absolute Gasteiger partial charge is 0.364 e. The molecule has 7 nitrogen and oxygen atoms in total. The van der Waals surface area contributed by atoms with Crippen molar-refractivity contribution >= 4 is 11.5 Å². The zero-order valence-corrected chi connectivity index (χ0v) is 10.8. The van der Waals surface area contributed by atoms with Crippen molar-refractivity contribution in [2.45, 2.75) is 13.3 Å². The maximum Gasteiger partial charge on any atom is 0.311 e. The Morgan fingerprint density at radius 2 is 2.32 bits per heavy atom. The van der Waals surface area contributed by atoms with E-state index in [2.05, 4.69) is 15.4 Å². The van der Waals surface area contributed by atoms with E-state index in [1.165, 1.54) is 6.07 Å². The van der Waals surface area contributed by atoms with Gasteiger partial charge in [0.05, 0.1) is 10.6 Å². The number of rotatable bonds is 5. The second kappa shape index (κ2) is 5.47. The molecule has 7 heteroatoms. The zero-order valence-electron chi connectivity index (χ0n) is 10.8. The van der Waals surface area contributed by atoms with Crippen molar-refractivity contribution < 1.29 is 4.92 Å². The van der Waals surface area contributed by atoms with Crippen LogP contribution in [0.1, 0.15) is 11.3 Å². The average Bonchev–Trinajstić information content (AvgIpc) is 2.77. The highest BCUT2D eigenvalue weighted by Gasteiger charge is 2.14. The van der Waals surface area contributed by atoms with E-state index >= 15 is 0 Å². The molecular weight excluding hydrogens is 246 g/mol. The van der Waals surface area contributed by atoms with E-state index in [1.807, 2.05) is 19.3 Å². The highest BCUT2D eigenvalue weighted by atomic mass is 16.6. The summed E-state index contributed by atoms with van der Waals surface area (Å²) >= 11 is 0. The standard InChI is InChI=1S/C12H15N5O2/c1-9-7-11(17(18)19)12(14-8-9)13-5-3-10-4-6-16(2)15-10/h4,6-8H,3,5H2,1-2H3,(H,13,14). The average molecular weight is 261 g/mol. The fraction of sp³-hybridized carbons (Fsp3) is 0.333. The molecule has 0 saturated carbocycles. The molecule has 0 amide bonds.